The van der Waals surface area contributed by atoms with E-state index in [9.17, 15) is 8.42 Å². The van der Waals surface area contributed by atoms with E-state index in [2.05, 4.69) is 51.8 Å². The van der Waals surface area contributed by atoms with Gasteiger partial charge in [-0.1, -0.05) is 34.9 Å². The van der Waals surface area contributed by atoms with Gasteiger partial charge in [-0.05, 0) is 40.0 Å². The molecule has 0 aliphatic heterocycles. The highest BCUT2D eigenvalue weighted by atomic mass is 79.9. The minimum Gasteiger partial charge on any atom is -0.473 e. The Kier molecular flexibility index (Phi) is 5.04. The lowest BCUT2D eigenvalue weighted by Crippen LogP contribution is -2.31. The summed E-state index contributed by atoms with van der Waals surface area (Å²) in [5, 5.41) is 0. The highest BCUT2D eigenvalue weighted by Gasteiger charge is 2.19. The first-order valence-electron chi connectivity index (χ1n) is 13.5. The Morgan fingerprint density at radius 2 is 1.78 bits per heavy atom. The van der Waals surface area contributed by atoms with Crippen LogP contribution in [0.5, 0.6) is 11.9 Å². The van der Waals surface area contributed by atoms with Gasteiger partial charge in [0.2, 0.25) is 5.88 Å². The van der Waals surface area contributed by atoms with Crippen molar-refractivity contribution < 1.29 is 31.6 Å². The number of halogens is 2. The van der Waals surface area contributed by atoms with Crippen molar-refractivity contribution in [3.8, 4) is 23.0 Å². The van der Waals surface area contributed by atoms with Gasteiger partial charge >= 0.3 is 6.01 Å². The maximum Gasteiger partial charge on any atom is 0.316 e. The number of benzene rings is 1. The van der Waals surface area contributed by atoms with Crippen LogP contribution in [0.1, 0.15) is 27.1 Å². The molecule has 0 unspecified atom stereocenters. The lowest BCUT2D eigenvalue weighted by molar-refractivity contribution is 0.202. The average Bonchev–Trinajstić information content (AvgIpc) is 2.88. The molecule has 2 heterocycles. The fourth-order valence-corrected chi connectivity index (χ4v) is 3.16. The summed E-state index contributed by atoms with van der Waals surface area (Å²) in [5.74, 6) is -1.43. The first kappa shape index (κ1) is 14.0. The van der Waals surface area contributed by atoms with Crippen LogP contribution in [0.3, 0.4) is 0 Å². The van der Waals surface area contributed by atoms with Crippen LogP contribution in [0.2, 0.25) is 0 Å². The molecule has 0 spiro atoms. The van der Waals surface area contributed by atoms with E-state index >= 15 is 0 Å². The van der Waals surface area contributed by atoms with Gasteiger partial charge in [0.15, 0.2) is 5.82 Å². The fraction of sp³-hybridized carbons (Fsp3) is 0.263. The van der Waals surface area contributed by atoms with Crippen molar-refractivity contribution in [3.05, 3.63) is 51.8 Å². The van der Waals surface area contributed by atoms with Crippen molar-refractivity contribution >= 4 is 47.9 Å². The zero-order valence-corrected chi connectivity index (χ0v) is 20.1. The van der Waals surface area contributed by atoms with Crippen molar-refractivity contribution in [1.29, 1.82) is 0 Å². The molecular formula is C19H20Br2N6O4S. The zero-order valence-electron chi connectivity index (χ0n) is 26.1. The average molecular weight is 598 g/mol. The van der Waals surface area contributed by atoms with Crippen molar-refractivity contribution in [2.24, 2.45) is 0 Å². The first-order valence-corrected chi connectivity index (χ1v) is 11.6. The molecule has 170 valence electrons. The molecule has 0 aliphatic carbocycles. The van der Waals surface area contributed by atoms with Crippen LogP contribution >= 0.6 is 31.9 Å². The van der Waals surface area contributed by atoms with Gasteiger partial charge < -0.3 is 9.47 Å². The summed E-state index contributed by atoms with van der Waals surface area (Å²) in [6, 6.07) is -3.03. The maximum atomic E-state index is 12.8. The SMILES string of the molecule is [2H]c1nc(OCC([2H])([2H])Oc2ncnc(NS(=O)(=O)NC([2H])([2H])CC)c2-c2c([2H])c([2H])c(Br)c([2H])c2[2H])nc([2H])c1Br. The molecule has 2 N–H and O–H groups in total. The minimum absolute atomic E-state index is 0.0226. The predicted molar refractivity (Wildman–Crippen MR) is 127 cm³/mol. The van der Waals surface area contributed by atoms with E-state index in [-0.39, 0.29) is 15.4 Å². The normalized spacial score (nSPS) is 16.6. The van der Waals surface area contributed by atoms with E-state index in [1.165, 1.54) is 6.92 Å². The molecule has 1 aromatic carbocycles. The van der Waals surface area contributed by atoms with Crippen molar-refractivity contribution in [2.45, 2.75) is 13.3 Å². The van der Waals surface area contributed by atoms with E-state index in [0.717, 1.165) is 6.33 Å². The molecule has 2 aromatic heterocycles. The van der Waals surface area contributed by atoms with E-state index < -0.39 is 95.2 Å². The number of aromatic nitrogens is 4. The van der Waals surface area contributed by atoms with Gasteiger partial charge in [-0.15, -0.1) is 0 Å². The molecular weight excluding hydrogens is 568 g/mol. The third-order valence-electron chi connectivity index (χ3n) is 3.20. The Morgan fingerprint density at radius 1 is 1.06 bits per heavy atom. The molecule has 3 aromatic rings. The number of rotatable bonds is 11. The third kappa shape index (κ3) is 7.08. The molecule has 0 amide bonds. The highest BCUT2D eigenvalue weighted by Crippen LogP contribution is 2.34. The Labute approximate surface area is 216 Å². The van der Waals surface area contributed by atoms with Gasteiger partial charge in [0.1, 0.15) is 19.5 Å². The van der Waals surface area contributed by atoms with Crippen molar-refractivity contribution in [2.75, 3.05) is 24.4 Å². The summed E-state index contributed by atoms with van der Waals surface area (Å²) in [6.07, 6.45) is -0.300. The van der Waals surface area contributed by atoms with Crippen LogP contribution < -0.4 is 18.9 Å². The smallest absolute Gasteiger partial charge is 0.316 e. The predicted octanol–water partition coefficient (Wildman–Crippen LogP) is 3.57. The van der Waals surface area contributed by atoms with Crippen molar-refractivity contribution in [3.63, 3.8) is 0 Å². The van der Waals surface area contributed by atoms with Gasteiger partial charge in [0.25, 0.3) is 10.2 Å². The molecule has 32 heavy (non-hydrogen) atoms. The van der Waals surface area contributed by atoms with Gasteiger partial charge in [-0.2, -0.15) is 13.1 Å². The van der Waals surface area contributed by atoms with E-state index in [1.807, 2.05) is 4.72 Å². The summed E-state index contributed by atoms with van der Waals surface area (Å²) in [4.78, 5) is 14.9. The summed E-state index contributed by atoms with van der Waals surface area (Å²) in [5.41, 5.74) is -1.17. The minimum atomic E-state index is -4.73. The number of hydrogen-bond acceptors (Lipinski definition) is 8. The van der Waals surface area contributed by atoms with Crippen LogP contribution in [-0.2, 0) is 10.2 Å². The lowest BCUT2D eigenvalue weighted by Gasteiger charge is -2.15. The number of nitrogens with one attached hydrogen (secondary N) is 2. The fourth-order valence-electron chi connectivity index (χ4n) is 1.99. The quantitative estimate of drug-likeness (QED) is 0.343. The van der Waals surface area contributed by atoms with E-state index in [1.54, 1.807) is 4.72 Å². The Hall–Kier alpha value is -2.35. The van der Waals surface area contributed by atoms with Crippen LogP contribution in [-0.4, -0.2) is 48.0 Å². The molecule has 10 nitrogen and oxygen atoms in total. The van der Waals surface area contributed by atoms with Crippen LogP contribution in [0.25, 0.3) is 11.1 Å². The molecule has 3 rings (SSSR count). The van der Waals surface area contributed by atoms with Gasteiger partial charge in [-0.3, -0.25) is 4.72 Å². The van der Waals surface area contributed by atoms with Crippen LogP contribution in [0.15, 0.2) is 51.8 Å². The van der Waals surface area contributed by atoms with E-state index in [0.29, 0.717) is 0 Å². The summed E-state index contributed by atoms with van der Waals surface area (Å²) in [7, 11) is -4.73. The molecule has 0 saturated carbocycles. The number of ether oxygens (including phenoxy) is 2. The molecule has 0 radical (unpaired) electrons. The summed E-state index contributed by atoms with van der Waals surface area (Å²) >= 11 is 5.91. The second kappa shape index (κ2) is 11.5. The molecule has 13 heteroatoms. The number of hydrogen-bond donors (Lipinski definition) is 2. The number of anilines is 1. The second-order valence-corrected chi connectivity index (χ2v) is 8.41. The van der Waals surface area contributed by atoms with Gasteiger partial charge in [0, 0.05) is 26.1 Å². The summed E-state index contributed by atoms with van der Waals surface area (Å²) in [6.45, 7) is -4.77. The first-order chi connectivity index (χ1) is 19.3. The van der Waals surface area contributed by atoms with Crippen LogP contribution in [0.4, 0.5) is 5.82 Å². The zero-order chi connectivity index (χ0) is 31.8. The monoisotopic (exact) mass is 596 g/mol. The molecule has 0 saturated heterocycles. The lowest BCUT2D eigenvalue weighted by atomic mass is 10.1. The van der Waals surface area contributed by atoms with E-state index in [4.69, 9.17) is 23.2 Å². The molecule has 0 fully saturated rings. The standard InChI is InChI=1S/C19H20Br2N6O4S/c1-2-7-26-32(28,29)27-17-16(13-3-5-14(20)6-4-13)18(25-12-24-17)30-8-9-31-19-22-10-15(21)11-23-19/h3-6,10-12,26H,2,7-9H2,1H3,(H,24,25,27)/i3D,4D,5D,6D,7D2,8D2,10D,11D. The Bertz CT molecular complexity index is 1590. The van der Waals surface area contributed by atoms with Gasteiger partial charge in [0.05, 0.1) is 21.0 Å². The second-order valence-electron chi connectivity index (χ2n) is 5.41. The third-order valence-corrected chi connectivity index (χ3v) is 4.83. The molecule has 0 aliphatic rings. The van der Waals surface area contributed by atoms with Gasteiger partial charge in [-0.25, -0.2) is 19.9 Å². The molecule has 0 bridgehead atoms. The largest absolute Gasteiger partial charge is 0.473 e. The maximum absolute atomic E-state index is 12.8. The number of nitrogens with zero attached hydrogens (tertiary/aromatic N) is 4. The topological polar surface area (TPSA) is 128 Å². The molecule has 0 atom stereocenters. The highest BCUT2D eigenvalue weighted by molar-refractivity contribution is 9.10. The Balaban J connectivity index is 2.13. The van der Waals surface area contributed by atoms with Crippen molar-refractivity contribution in [1.82, 2.24) is 24.7 Å². The Morgan fingerprint density at radius 3 is 2.47 bits per heavy atom. The summed E-state index contributed by atoms with van der Waals surface area (Å²) < 4.78 is 120. The van der Waals surface area contributed by atoms with Crippen LogP contribution in [0, 0.1) is 0 Å².